The summed E-state index contributed by atoms with van der Waals surface area (Å²) in [4.78, 5) is 0. The molecule has 2 rings (SSSR count). The van der Waals surface area contributed by atoms with Crippen molar-refractivity contribution in [2.45, 2.75) is 12.8 Å². The zero-order valence-corrected chi connectivity index (χ0v) is 9.23. The molecule has 0 unspecified atom stereocenters. The Balaban J connectivity index is 0.000000845. The van der Waals surface area contributed by atoms with Gasteiger partial charge in [-0.2, -0.15) is 0 Å². The van der Waals surface area contributed by atoms with Crippen LogP contribution in [-0.2, 0) is 6.42 Å². The zero-order chi connectivity index (χ0) is 8.39. The van der Waals surface area contributed by atoms with Crippen molar-refractivity contribution >= 4 is 5.69 Å². The Kier molecular flexibility index (Phi) is 3.60. The molecular formula is C10H13BrNO-. The lowest BCUT2D eigenvalue weighted by atomic mass is 10.0. The Hall–Kier alpha value is -0.700. The van der Waals surface area contributed by atoms with Crippen molar-refractivity contribution in [1.29, 1.82) is 0 Å². The smallest absolute Gasteiger partial charge is 0.142 e. The van der Waals surface area contributed by atoms with E-state index in [0.717, 1.165) is 12.3 Å². The van der Waals surface area contributed by atoms with E-state index < -0.39 is 0 Å². The SMILES string of the molecule is COc1cccc2c1NCCC2.[Br-]. The van der Waals surface area contributed by atoms with Crippen molar-refractivity contribution in [1.82, 2.24) is 0 Å². The Bertz CT molecular complexity index is 274. The predicted octanol–water partition coefficient (Wildman–Crippen LogP) is -0.943. The van der Waals surface area contributed by atoms with Crippen LogP contribution in [0.5, 0.6) is 5.75 Å². The fraction of sp³-hybridized carbons (Fsp3) is 0.400. The molecule has 1 heterocycles. The number of hydrogen-bond acceptors (Lipinski definition) is 2. The zero-order valence-electron chi connectivity index (χ0n) is 7.64. The van der Waals surface area contributed by atoms with Crippen molar-refractivity contribution in [2.24, 2.45) is 0 Å². The van der Waals surface area contributed by atoms with E-state index in [1.54, 1.807) is 7.11 Å². The van der Waals surface area contributed by atoms with Gasteiger partial charge >= 0.3 is 0 Å². The summed E-state index contributed by atoms with van der Waals surface area (Å²) >= 11 is 0. The Labute approximate surface area is 89.1 Å². The number of rotatable bonds is 1. The lowest BCUT2D eigenvalue weighted by Crippen LogP contribution is -3.00. The van der Waals surface area contributed by atoms with Gasteiger partial charge in [-0.3, -0.25) is 0 Å². The third-order valence-electron chi connectivity index (χ3n) is 2.26. The number of para-hydroxylation sites is 1. The normalized spacial score (nSPS) is 13.6. The molecule has 1 aromatic carbocycles. The van der Waals surface area contributed by atoms with Crippen LogP contribution in [0.25, 0.3) is 0 Å². The summed E-state index contributed by atoms with van der Waals surface area (Å²) in [7, 11) is 1.71. The molecule has 0 spiro atoms. The maximum atomic E-state index is 5.25. The molecule has 0 amide bonds. The molecule has 3 heteroatoms. The highest BCUT2D eigenvalue weighted by molar-refractivity contribution is 5.63. The van der Waals surface area contributed by atoms with Gasteiger partial charge in [-0.05, 0) is 24.5 Å². The van der Waals surface area contributed by atoms with E-state index in [2.05, 4.69) is 11.4 Å². The molecule has 72 valence electrons. The molecule has 2 nitrogen and oxygen atoms in total. The number of methoxy groups -OCH3 is 1. The minimum Gasteiger partial charge on any atom is -1.00 e. The third kappa shape index (κ3) is 1.97. The van der Waals surface area contributed by atoms with Crippen LogP contribution in [0.3, 0.4) is 0 Å². The van der Waals surface area contributed by atoms with E-state index >= 15 is 0 Å². The first-order chi connectivity index (χ1) is 5.92. The molecule has 1 aliphatic heterocycles. The van der Waals surface area contributed by atoms with Gasteiger partial charge in [-0.25, -0.2) is 0 Å². The van der Waals surface area contributed by atoms with Gasteiger partial charge in [0.1, 0.15) is 5.75 Å². The molecule has 0 radical (unpaired) electrons. The topological polar surface area (TPSA) is 21.3 Å². The van der Waals surface area contributed by atoms with Crippen LogP contribution in [0.1, 0.15) is 12.0 Å². The molecule has 0 aromatic heterocycles. The summed E-state index contributed by atoms with van der Waals surface area (Å²) in [6, 6.07) is 6.20. The van der Waals surface area contributed by atoms with Crippen LogP contribution < -0.4 is 27.0 Å². The Morgan fingerprint density at radius 1 is 1.38 bits per heavy atom. The van der Waals surface area contributed by atoms with E-state index in [-0.39, 0.29) is 17.0 Å². The monoisotopic (exact) mass is 242 g/mol. The van der Waals surface area contributed by atoms with Crippen molar-refractivity contribution in [3.63, 3.8) is 0 Å². The van der Waals surface area contributed by atoms with E-state index in [1.165, 1.54) is 24.1 Å². The number of aryl methyl sites for hydroxylation is 1. The number of hydrogen-bond donors (Lipinski definition) is 1. The first-order valence-electron chi connectivity index (χ1n) is 4.31. The second-order valence-corrected chi connectivity index (χ2v) is 3.02. The highest BCUT2D eigenvalue weighted by Crippen LogP contribution is 2.31. The van der Waals surface area contributed by atoms with Gasteiger partial charge in [0.25, 0.3) is 0 Å². The second kappa shape index (κ2) is 4.51. The summed E-state index contributed by atoms with van der Waals surface area (Å²) in [5.41, 5.74) is 2.56. The standard InChI is InChI=1S/C10H13NO.BrH/c1-12-9-6-2-4-8-5-3-7-11-10(8)9;/h2,4,6,11H,3,5,7H2,1H3;1H/p-1. The average Bonchev–Trinajstić information content (AvgIpc) is 2.17. The van der Waals surface area contributed by atoms with Crippen LogP contribution in [0.2, 0.25) is 0 Å². The van der Waals surface area contributed by atoms with E-state index in [9.17, 15) is 0 Å². The number of anilines is 1. The molecule has 0 aliphatic carbocycles. The van der Waals surface area contributed by atoms with Gasteiger partial charge in [0.2, 0.25) is 0 Å². The maximum absolute atomic E-state index is 5.25. The first-order valence-corrected chi connectivity index (χ1v) is 4.31. The summed E-state index contributed by atoms with van der Waals surface area (Å²) in [5, 5.41) is 3.36. The first kappa shape index (κ1) is 10.4. The summed E-state index contributed by atoms with van der Waals surface area (Å²) < 4.78 is 5.25. The highest BCUT2D eigenvalue weighted by Gasteiger charge is 2.11. The summed E-state index contributed by atoms with van der Waals surface area (Å²) in [6.07, 6.45) is 2.39. The molecule has 0 atom stereocenters. The second-order valence-electron chi connectivity index (χ2n) is 3.02. The van der Waals surface area contributed by atoms with Crippen LogP contribution in [0.4, 0.5) is 5.69 Å². The van der Waals surface area contributed by atoms with Gasteiger partial charge < -0.3 is 27.0 Å². The van der Waals surface area contributed by atoms with E-state index in [1.807, 2.05) is 12.1 Å². The average molecular weight is 243 g/mol. The number of fused-ring (bicyclic) bond motifs is 1. The molecule has 13 heavy (non-hydrogen) atoms. The lowest BCUT2D eigenvalue weighted by Gasteiger charge is -2.19. The Morgan fingerprint density at radius 2 is 2.23 bits per heavy atom. The Morgan fingerprint density at radius 3 is 3.00 bits per heavy atom. The summed E-state index contributed by atoms with van der Waals surface area (Å²) in [5.74, 6) is 0.965. The molecule has 0 saturated heterocycles. The van der Waals surface area contributed by atoms with Crippen LogP contribution in [0.15, 0.2) is 18.2 Å². The van der Waals surface area contributed by atoms with Crippen molar-refractivity contribution in [3.05, 3.63) is 23.8 Å². The third-order valence-corrected chi connectivity index (χ3v) is 2.26. The molecule has 1 aromatic rings. The van der Waals surface area contributed by atoms with Crippen molar-refractivity contribution in [2.75, 3.05) is 19.0 Å². The fourth-order valence-electron chi connectivity index (χ4n) is 1.65. The minimum absolute atomic E-state index is 0. The number of ether oxygens (including phenoxy) is 1. The molecule has 1 aliphatic rings. The van der Waals surface area contributed by atoms with Crippen LogP contribution in [-0.4, -0.2) is 13.7 Å². The molecule has 0 fully saturated rings. The van der Waals surface area contributed by atoms with Crippen molar-refractivity contribution < 1.29 is 21.7 Å². The van der Waals surface area contributed by atoms with Gasteiger partial charge in [-0.1, -0.05) is 12.1 Å². The minimum atomic E-state index is 0. The number of benzene rings is 1. The largest absolute Gasteiger partial charge is 1.00 e. The van der Waals surface area contributed by atoms with Gasteiger partial charge in [0, 0.05) is 6.54 Å². The molecular weight excluding hydrogens is 230 g/mol. The molecule has 1 N–H and O–H groups in total. The van der Waals surface area contributed by atoms with E-state index in [4.69, 9.17) is 4.74 Å². The fourth-order valence-corrected chi connectivity index (χ4v) is 1.65. The van der Waals surface area contributed by atoms with Gasteiger partial charge in [0.05, 0.1) is 12.8 Å². The maximum Gasteiger partial charge on any atom is 0.142 e. The predicted molar refractivity (Wildman–Crippen MR) is 49.8 cm³/mol. The quantitative estimate of drug-likeness (QED) is 0.687. The van der Waals surface area contributed by atoms with Gasteiger partial charge in [-0.15, -0.1) is 0 Å². The van der Waals surface area contributed by atoms with E-state index in [0.29, 0.717) is 0 Å². The van der Waals surface area contributed by atoms with Crippen LogP contribution >= 0.6 is 0 Å². The lowest BCUT2D eigenvalue weighted by molar-refractivity contribution is -0.00000271. The highest BCUT2D eigenvalue weighted by atomic mass is 79.9. The van der Waals surface area contributed by atoms with Crippen LogP contribution in [0, 0.1) is 0 Å². The number of nitrogens with one attached hydrogen (secondary N) is 1. The van der Waals surface area contributed by atoms with Gasteiger partial charge in [0.15, 0.2) is 0 Å². The summed E-state index contributed by atoms with van der Waals surface area (Å²) in [6.45, 7) is 1.06. The van der Waals surface area contributed by atoms with Crippen molar-refractivity contribution in [3.8, 4) is 5.75 Å². The number of halogens is 1. The molecule has 0 saturated carbocycles. The molecule has 0 bridgehead atoms.